The minimum absolute atomic E-state index is 0.000354. The number of nitrogens with one attached hydrogen (secondary N) is 1. The van der Waals surface area contributed by atoms with Crippen molar-refractivity contribution in [2.75, 3.05) is 38.9 Å². The summed E-state index contributed by atoms with van der Waals surface area (Å²) in [7, 11) is 0.0578. The van der Waals surface area contributed by atoms with Crippen LogP contribution in [0.15, 0.2) is 30.5 Å². The number of ether oxygens (including phenoxy) is 2. The quantitative estimate of drug-likeness (QED) is 0.789. The monoisotopic (exact) mass is 368 g/mol. The van der Waals surface area contributed by atoms with Gasteiger partial charge in [-0.05, 0) is 18.6 Å². The summed E-state index contributed by atoms with van der Waals surface area (Å²) in [4.78, 5) is 14.0. The summed E-state index contributed by atoms with van der Waals surface area (Å²) in [5.41, 5.74) is 0.831. The summed E-state index contributed by atoms with van der Waals surface area (Å²) in [6.07, 6.45) is 3.72. The Bertz CT molecular complexity index is 718. The van der Waals surface area contributed by atoms with Crippen molar-refractivity contribution in [1.29, 1.82) is 0 Å². The fourth-order valence-corrected chi connectivity index (χ4v) is 4.48. The van der Waals surface area contributed by atoms with Crippen molar-refractivity contribution in [3.05, 3.63) is 36.0 Å². The van der Waals surface area contributed by atoms with Crippen LogP contribution in [0.5, 0.6) is 5.75 Å². The number of sulfone groups is 1. The van der Waals surface area contributed by atoms with Gasteiger partial charge in [0, 0.05) is 31.5 Å². The molecule has 1 N–H and O–H groups in total. The first-order chi connectivity index (χ1) is 12.0. The third-order valence-electron chi connectivity index (χ3n) is 4.05. The van der Waals surface area contributed by atoms with Gasteiger partial charge in [-0.15, -0.1) is 0 Å². The van der Waals surface area contributed by atoms with E-state index in [-0.39, 0.29) is 23.6 Å². The zero-order valence-corrected chi connectivity index (χ0v) is 15.3. The number of carbonyl (C=O) groups is 1. The minimum atomic E-state index is -3.07. The number of carbonyl (C=O) groups excluding carboxylic acids is 1. The molecule has 1 atom stereocenters. The maximum atomic E-state index is 12.5. The molecule has 8 heteroatoms. The average molecular weight is 368 g/mol. The van der Waals surface area contributed by atoms with Gasteiger partial charge in [0.05, 0.1) is 25.2 Å². The number of amides is 2. The van der Waals surface area contributed by atoms with Crippen LogP contribution in [0.4, 0.5) is 4.79 Å². The summed E-state index contributed by atoms with van der Waals surface area (Å²) in [5.74, 6) is 0.817. The highest BCUT2D eigenvalue weighted by atomic mass is 32.2. The lowest BCUT2D eigenvalue weighted by molar-refractivity contribution is 0.135. The Labute approximate surface area is 148 Å². The molecule has 1 heterocycles. The molecule has 1 saturated heterocycles. The predicted molar refractivity (Wildman–Crippen MR) is 96.2 cm³/mol. The van der Waals surface area contributed by atoms with Gasteiger partial charge in [0.25, 0.3) is 0 Å². The molecule has 1 fully saturated rings. The van der Waals surface area contributed by atoms with Crippen molar-refractivity contribution in [1.82, 2.24) is 10.2 Å². The molecule has 1 aliphatic heterocycles. The number of para-hydroxylation sites is 1. The maximum Gasteiger partial charge on any atom is 0.321 e. The lowest BCUT2D eigenvalue weighted by Gasteiger charge is -2.27. The third-order valence-corrected chi connectivity index (χ3v) is 5.81. The van der Waals surface area contributed by atoms with Gasteiger partial charge in [-0.3, -0.25) is 0 Å². The Morgan fingerprint density at radius 1 is 1.36 bits per heavy atom. The number of benzene rings is 1. The molecule has 0 spiro atoms. The van der Waals surface area contributed by atoms with Gasteiger partial charge < -0.3 is 19.7 Å². The molecule has 25 heavy (non-hydrogen) atoms. The van der Waals surface area contributed by atoms with Gasteiger partial charge in [-0.1, -0.05) is 18.2 Å². The van der Waals surface area contributed by atoms with E-state index in [0.717, 1.165) is 5.56 Å². The van der Waals surface area contributed by atoms with E-state index in [1.54, 1.807) is 20.3 Å². The van der Waals surface area contributed by atoms with Crippen LogP contribution in [-0.4, -0.2) is 64.3 Å². The summed E-state index contributed by atoms with van der Waals surface area (Å²) in [6, 6.07) is 6.77. The van der Waals surface area contributed by atoms with Gasteiger partial charge in [-0.25, -0.2) is 13.2 Å². The molecule has 1 aromatic rings. The summed E-state index contributed by atoms with van der Waals surface area (Å²) in [6.45, 7) is 0.686. The molecule has 1 unspecified atom stereocenters. The lowest BCUT2D eigenvalue weighted by Crippen LogP contribution is -2.46. The van der Waals surface area contributed by atoms with Crippen LogP contribution in [-0.2, 0) is 14.6 Å². The molecular formula is C17H24N2O5S. The Balaban J connectivity index is 2.02. The second-order valence-electron chi connectivity index (χ2n) is 5.77. The number of hydrogen-bond donors (Lipinski definition) is 1. The summed E-state index contributed by atoms with van der Waals surface area (Å²) in [5, 5.41) is 2.70. The predicted octanol–water partition coefficient (Wildman–Crippen LogP) is 1.51. The standard InChI is InChI=1S/C17H24N2O5S/c1-23-11-10-19(15-8-12-25(21,22)13-15)17(20)18-9-7-14-5-3-4-6-16(14)24-2/h3-7,9,15H,8,10-13H2,1-2H3,(H,18,20)/b9-7+. The van der Waals surface area contributed by atoms with Gasteiger partial charge in [0.2, 0.25) is 0 Å². The highest BCUT2D eigenvalue weighted by molar-refractivity contribution is 7.91. The van der Waals surface area contributed by atoms with E-state index in [1.807, 2.05) is 24.3 Å². The van der Waals surface area contributed by atoms with Gasteiger partial charge in [0.1, 0.15) is 5.75 Å². The first-order valence-corrected chi connectivity index (χ1v) is 9.85. The first-order valence-electron chi connectivity index (χ1n) is 8.03. The van der Waals surface area contributed by atoms with Gasteiger partial charge in [-0.2, -0.15) is 0 Å². The SMILES string of the molecule is COCCN(C(=O)N/C=C/c1ccccc1OC)C1CCS(=O)(=O)C1. The van der Waals surface area contributed by atoms with Crippen LogP contribution in [0.1, 0.15) is 12.0 Å². The van der Waals surface area contributed by atoms with Crippen LogP contribution in [0.3, 0.4) is 0 Å². The van der Waals surface area contributed by atoms with E-state index >= 15 is 0 Å². The molecule has 2 amide bonds. The second-order valence-corrected chi connectivity index (χ2v) is 8.00. The number of urea groups is 1. The molecule has 0 radical (unpaired) electrons. The number of rotatable bonds is 7. The van der Waals surface area contributed by atoms with E-state index in [2.05, 4.69) is 5.32 Å². The average Bonchev–Trinajstić information content (AvgIpc) is 2.95. The Hall–Kier alpha value is -2.06. The third kappa shape index (κ3) is 5.47. The smallest absolute Gasteiger partial charge is 0.321 e. The fourth-order valence-electron chi connectivity index (χ4n) is 2.75. The molecule has 0 bridgehead atoms. The molecule has 0 aliphatic carbocycles. The van der Waals surface area contributed by atoms with E-state index in [0.29, 0.717) is 25.3 Å². The van der Waals surface area contributed by atoms with Crippen molar-refractivity contribution in [2.45, 2.75) is 12.5 Å². The maximum absolute atomic E-state index is 12.5. The summed E-state index contributed by atoms with van der Waals surface area (Å²) < 4.78 is 33.7. The van der Waals surface area contributed by atoms with Crippen molar-refractivity contribution in [2.24, 2.45) is 0 Å². The largest absolute Gasteiger partial charge is 0.496 e. The van der Waals surface area contributed by atoms with E-state index in [9.17, 15) is 13.2 Å². The van der Waals surface area contributed by atoms with Gasteiger partial charge >= 0.3 is 6.03 Å². The molecule has 0 saturated carbocycles. The van der Waals surface area contributed by atoms with Gasteiger partial charge in [0.15, 0.2) is 9.84 Å². The highest BCUT2D eigenvalue weighted by Gasteiger charge is 2.34. The number of methoxy groups -OCH3 is 2. The van der Waals surface area contributed by atoms with Crippen molar-refractivity contribution in [3.8, 4) is 5.75 Å². The highest BCUT2D eigenvalue weighted by Crippen LogP contribution is 2.19. The van der Waals surface area contributed by atoms with Crippen molar-refractivity contribution < 1.29 is 22.7 Å². The number of nitrogens with zero attached hydrogens (tertiary/aromatic N) is 1. The minimum Gasteiger partial charge on any atom is -0.496 e. The van der Waals surface area contributed by atoms with E-state index in [4.69, 9.17) is 9.47 Å². The topological polar surface area (TPSA) is 84.9 Å². The second kappa shape index (κ2) is 8.87. The molecule has 2 rings (SSSR count). The molecule has 0 aromatic heterocycles. The van der Waals surface area contributed by atoms with Crippen LogP contribution in [0.2, 0.25) is 0 Å². The molecule has 1 aromatic carbocycles. The molecular weight excluding hydrogens is 344 g/mol. The summed E-state index contributed by atoms with van der Waals surface area (Å²) >= 11 is 0. The number of hydrogen-bond acceptors (Lipinski definition) is 5. The van der Waals surface area contributed by atoms with Crippen molar-refractivity contribution in [3.63, 3.8) is 0 Å². The molecule has 1 aliphatic rings. The van der Waals surface area contributed by atoms with Crippen molar-refractivity contribution >= 4 is 21.9 Å². The Kier molecular flexibility index (Phi) is 6.83. The Morgan fingerprint density at radius 2 is 2.12 bits per heavy atom. The normalized spacial score (nSPS) is 19.0. The first kappa shape index (κ1) is 19.3. The van der Waals surface area contributed by atoms with Crippen LogP contribution >= 0.6 is 0 Å². The van der Waals surface area contributed by atoms with E-state index in [1.165, 1.54) is 11.1 Å². The van der Waals surface area contributed by atoms with Crippen LogP contribution in [0.25, 0.3) is 6.08 Å². The zero-order valence-electron chi connectivity index (χ0n) is 14.5. The fraction of sp³-hybridized carbons (Fsp3) is 0.471. The molecule has 7 nitrogen and oxygen atoms in total. The Morgan fingerprint density at radius 3 is 2.76 bits per heavy atom. The van der Waals surface area contributed by atoms with E-state index < -0.39 is 9.84 Å². The molecule has 138 valence electrons. The van der Waals surface area contributed by atoms with Crippen LogP contribution < -0.4 is 10.1 Å². The van der Waals surface area contributed by atoms with Crippen LogP contribution in [0, 0.1) is 0 Å². The lowest BCUT2D eigenvalue weighted by atomic mass is 10.2. The zero-order chi connectivity index (χ0) is 18.3.